The lowest BCUT2D eigenvalue weighted by atomic mass is 10.1. The van der Waals surface area contributed by atoms with Gasteiger partial charge in [-0.05, 0) is 67.4 Å². The SMILES string of the molecule is CCC(C)N(Cc1ccc(OS(=O)(=O)c2ccc(F)cc2)cc1)C(=O)c1ccc([N+](=O)[O-])cc1. The Hall–Kier alpha value is -3.79. The first-order valence-corrected chi connectivity index (χ1v) is 11.9. The van der Waals surface area contributed by atoms with Crippen LogP contribution in [0.3, 0.4) is 0 Å². The van der Waals surface area contributed by atoms with Gasteiger partial charge in [0, 0.05) is 30.3 Å². The van der Waals surface area contributed by atoms with Crippen molar-refractivity contribution in [2.24, 2.45) is 0 Å². The number of nitro groups is 1. The van der Waals surface area contributed by atoms with E-state index in [1.165, 1.54) is 36.4 Å². The highest BCUT2D eigenvalue weighted by atomic mass is 32.2. The number of hydrogen-bond acceptors (Lipinski definition) is 6. The Morgan fingerprint density at radius 1 is 1.03 bits per heavy atom. The van der Waals surface area contributed by atoms with Gasteiger partial charge in [-0.15, -0.1) is 0 Å². The molecule has 10 heteroatoms. The van der Waals surface area contributed by atoms with Crippen LogP contribution in [0.25, 0.3) is 0 Å². The molecule has 0 bridgehead atoms. The van der Waals surface area contributed by atoms with Gasteiger partial charge in [0.15, 0.2) is 0 Å². The third kappa shape index (κ3) is 5.96. The molecule has 0 radical (unpaired) electrons. The van der Waals surface area contributed by atoms with Gasteiger partial charge in [0.25, 0.3) is 11.6 Å². The second kappa shape index (κ2) is 10.4. The summed E-state index contributed by atoms with van der Waals surface area (Å²) in [4.78, 5) is 24.9. The number of nitro benzene ring substituents is 1. The number of carbonyl (C=O) groups is 1. The summed E-state index contributed by atoms with van der Waals surface area (Å²) >= 11 is 0. The van der Waals surface area contributed by atoms with E-state index in [4.69, 9.17) is 4.18 Å². The van der Waals surface area contributed by atoms with Gasteiger partial charge in [0.05, 0.1) is 4.92 Å². The van der Waals surface area contributed by atoms with E-state index in [2.05, 4.69) is 0 Å². The van der Waals surface area contributed by atoms with Gasteiger partial charge in [-0.2, -0.15) is 8.42 Å². The molecule has 1 atom stereocenters. The van der Waals surface area contributed by atoms with Gasteiger partial charge in [0.1, 0.15) is 16.5 Å². The summed E-state index contributed by atoms with van der Waals surface area (Å²) in [5.41, 5.74) is 0.969. The molecule has 1 unspecified atom stereocenters. The molecule has 0 fully saturated rings. The van der Waals surface area contributed by atoms with Gasteiger partial charge in [-0.25, -0.2) is 4.39 Å². The van der Waals surface area contributed by atoms with E-state index in [-0.39, 0.29) is 34.8 Å². The average Bonchev–Trinajstić information content (AvgIpc) is 2.82. The lowest BCUT2D eigenvalue weighted by molar-refractivity contribution is -0.384. The lowest BCUT2D eigenvalue weighted by Crippen LogP contribution is -2.37. The quantitative estimate of drug-likeness (QED) is 0.241. The molecule has 1 amide bonds. The number of nitrogens with zero attached hydrogens (tertiary/aromatic N) is 2. The molecule has 8 nitrogen and oxygen atoms in total. The van der Waals surface area contributed by atoms with Crippen molar-refractivity contribution in [2.75, 3.05) is 0 Å². The Labute approximate surface area is 196 Å². The molecule has 0 heterocycles. The van der Waals surface area contributed by atoms with Crippen LogP contribution in [0, 0.1) is 15.9 Å². The largest absolute Gasteiger partial charge is 0.379 e. The topological polar surface area (TPSA) is 107 Å². The predicted octanol–water partition coefficient (Wildman–Crippen LogP) is 4.94. The highest BCUT2D eigenvalue weighted by Crippen LogP contribution is 2.22. The van der Waals surface area contributed by atoms with E-state index in [1.807, 2.05) is 13.8 Å². The fourth-order valence-corrected chi connectivity index (χ4v) is 4.09. The summed E-state index contributed by atoms with van der Waals surface area (Å²) in [6.45, 7) is 4.09. The Bertz CT molecular complexity index is 1260. The molecule has 3 aromatic rings. The van der Waals surface area contributed by atoms with Gasteiger partial charge >= 0.3 is 10.1 Å². The second-order valence-electron chi connectivity index (χ2n) is 7.63. The fourth-order valence-electron chi connectivity index (χ4n) is 3.16. The van der Waals surface area contributed by atoms with Crippen LogP contribution in [-0.4, -0.2) is 30.2 Å². The number of benzene rings is 3. The second-order valence-corrected chi connectivity index (χ2v) is 9.18. The molecule has 3 rings (SSSR count). The highest BCUT2D eigenvalue weighted by molar-refractivity contribution is 7.87. The molecule has 178 valence electrons. The molecule has 3 aromatic carbocycles. The molecule has 0 spiro atoms. The highest BCUT2D eigenvalue weighted by Gasteiger charge is 2.22. The Kier molecular flexibility index (Phi) is 7.62. The number of amides is 1. The maximum Gasteiger partial charge on any atom is 0.339 e. The van der Waals surface area contributed by atoms with Crippen LogP contribution in [-0.2, 0) is 16.7 Å². The van der Waals surface area contributed by atoms with Crippen LogP contribution >= 0.6 is 0 Å². The van der Waals surface area contributed by atoms with Crippen molar-refractivity contribution >= 4 is 21.7 Å². The summed E-state index contributed by atoms with van der Waals surface area (Å²) in [6.07, 6.45) is 0.690. The van der Waals surface area contributed by atoms with Crippen LogP contribution in [0.15, 0.2) is 77.7 Å². The third-order valence-electron chi connectivity index (χ3n) is 5.29. The molecule has 0 aromatic heterocycles. The van der Waals surface area contributed by atoms with Crippen molar-refractivity contribution in [3.8, 4) is 5.75 Å². The van der Waals surface area contributed by atoms with E-state index in [0.29, 0.717) is 12.0 Å². The smallest absolute Gasteiger partial charge is 0.339 e. The van der Waals surface area contributed by atoms with E-state index < -0.39 is 20.9 Å². The zero-order valence-electron chi connectivity index (χ0n) is 18.5. The van der Waals surface area contributed by atoms with Crippen LogP contribution in [0.1, 0.15) is 36.2 Å². The first-order chi connectivity index (χ1) is 16.1. The van der Waals surface area contributed by atoms with E-state index in [9.17, 15) is 27.7 Å². The minimum atomic E-state index is -4.12. The molecule has 0 aliphatic rings. The van der Waals surface area contributed by atoms with Crippen LogP contribution < -0.4 is 4.18 Å². The summed E-state index contributed by atoms with van der Waals surface area (Å²) in [5, 5.41) is 10.9. The van der Waals surface area contributed by atoms with Crippen molar-refractivity contribution < 1.29 is 26.7 Å². The fraction of sp³-hybridized carbons (Fsp3) is 0.208. The standard InChI is InChI=1S/C24H23FN2O6S/c1-3-17(2)26(24(28)19-6-10-21(11-7-19)27(29)30)16-18-4-12-22(13-5-18)33-34(31,32)23-14-8-20(25)9-15-23/h4-15,17H,3,16H2,1-2H3. The predicted molar refractivity (Wildman–Crippen MR) is 123 cm³/mol. The molecule has 0 saturated heterocycles. The molecule has 0 N–H and O–H groups in total. The summed E-state index contributed by atoms with van der Waals surface area (Å²) in [7, 11) is -4.12. The van der Waals surface area contributed by atoms with Crippen LogP contribution in [0.2, 0.25) is 0 Å². The van der Waals surface area contributed by atoms with E-state index >= 15 is 0 Å². The monoisotopic (exact) mass is 486 g/mol. The van der Waals surface area contributed by atoms with Gasteiger partial charge in [-0.3, -0.25) is 14.9 Å². The molecule has 0 aliphatic carbocycles. The van der Waals surface area contributed by atoms with E-state index in [0.717, 1.165) is 29.8 Å². The van der Waals surface area contributed by atoms with Crippen molar-refractivity contribution in [2.45, 2.75) is 37.8 Å². The van der Waals surface area contributed by atoms with Crippen LogP contribution in [0.5, 0.6) is 5.75 Å². The van der Waals surface area contributed by atoms with Gasteiger partial charge < -0.3 is 9.08 Å². The number of halogens is 1. The third-order valence-corrected chi connectivity index (χ3v) is 6.55. The number of rotatable bonds is 9. The minimum Gasteiger partial charge on any atom is -0.379 e. The first kappa shape index (κ1) is 24.8. The van der Waals surface area contributed by atoms with Gasteiger partial charge in [-0.1, -0.05) is 19.1 Å². The zero-order chi connectivity index (χ0) is 24.9. The van der Waals surface area contributed by atoms with Crippen molar-refractivity contribution in [1.82, 2.24) is 4.90 Å². The molecular weight excluding hydrogens is 463 g/mol. The minimum absolute atomic E-state index is 0.0739. The number of hydrogen-bond donors (Lipinski definition) is 0. The summed E-state index contributed by atoms with van der Waals surface area (Å²) < 4.78 is 42.9. The number of carbonyl (C=O) groups excluding carboxylic acids is 1. The summed E-state index contributed by atoms with van der Waals surface area (Å²) in [6, 6.07) is 15.9. The van der Waals surface area contributed by atoms with Crippen molar-refractivity contribution in [3.05, 3.63) is 99.9 Å². The van der Waals surface area contributed by atoms with Crippen LogP contribution in [0.4, 0.5) is 10.1 Å². The number of non-ortho nitro benzene ring substituents is 1. The Balaban J connectivity index is 1.75. The Morgan fingerprint density at radius 3 is 2.15 bits per heavy atom. The first-order valence-electron chi connectivity index (χ1n) is 10.4. The van der Waals surface area contributed by atoms with Gasteiger partial charge in [0.2, 0.25) is 0 Å². The molecule has 34 heavy (non-hydrogen) atoms. The Morgan fingerprint density at radius 2 is 1.62 bits per heavy atom. The molecule has 0 saturated carbocycles. The maximum atomic E-state index is 13.1. The summed E-state index contributed by atoms with van der Waals surface area (Å²) in [5.74, 6) is -0.759. The van der Waals surface area contributed by atoms with E-state index in [1.54, 1.807) is 17.0 Å². The molecular formula is C24H23FN2O6S. The molecule has 0 aliphatic heterocycles. The average molecular weight is 487 g/mol. The zero-order valence-corrected chi connectivity index (χ0v) is 19.4. The van der Waals surface area contributed by atoms with Crippen molar-refractivity contribution in [3.63, 3.8) is 0 Å². The maximum absolute atomic E-state index is 13.1. The lowest BCUT2D eigenvalue weighted by Gasteiger charge is -2.29. The normalized spacial score (nSPS) is 12.1. The van der Waals surface area contributed by atoms with Crippen molar-refractivity contribution in [1.29, 1.82) is 0 Å².